The number of halogens is 1. The van der Waals surface area contributed by atoms with E-state index in [1.165, 1.54) is 6.20 Å². The molecule has 0 aromatic carbocycles. The fraction of sp³-hybridized carbons (Fsp3) is 0.615. The van der Waals surface area contributed by atoms with E-state index in [2.05, 4.69) is 10.3 Å². The van der Waals surface area contributed by atoms with Crippen LogP contribution in [-0.2, 0) is 4.74 Å². The van der Waals surface area contributed by atoms with E-state index in [1.54, 1.807) is 12.3 Å². The number of nitrogens with one attached hydrogen (secondary N) is 1. The summed E-state index contributed by atoms with van der Waals surface area (Å²) in [5.41, 5.74) is 0.693. The van der Waals surface area contributed by atoms with Crippen LogP contribution in [0.25, 0.3) is 0 Å². The standard InChI is InChI=1S/C13H21FN2O/c1-3-16-13(6-5-9-17-4-2)11-7-8-15-10-12(11)14/h7-8,10,13,16H,3-6,9H2,1-2H3. The van der Waals surface area contributed by atoms with Crippen LogP contribution in [0, 0.1) is 5.82 Å². The first-order valence-electron chi connectivity index (χ1n) is 6.20. The van der Waals surface area contributed by atoms with Crippen LogP contribution in [0.4, 0.5) is 4.39 Å². The van der Waals surface area contributed by atoms with E-state index in [9.17, 15) is 4.39 Å². The van der Waals surface area contributed by atoms with Gasteiger partial charge in [0.1, 0.15) is 5.82 Å². The molecule has 0 aliphatic heterocycles. The molecule has 0 bridgehead atoms. The van der Waals surface area contributed by atoms with E-state index in [-0.39, 0.29) is 11.9 Å². The van der Waals surface area contributed by atoms with Crippen LogP contribution >= 0.6 is 0 Å². The zero-order chi connectivity index (χ0) is 12.5. The largest absolute Gasteiger partial charge is 0.382 e. The first kappa shape index (κ1) is 14.1. The monoisotopic (exact) mass is 240 g/mol. The number of pyridine rings is 1. The second-order valence-corrected chi connectivity index (χ2v) is 3.85. The minimum absolute atomic E-state index is 0.0449. The fourth-order valence-corrected chi connectivity index (χ4v) is 1.82. The summed E-state index contributed by atoms with van der Waals surface area (Å²) < 4.78 is 18.9. The molecule has 3 nitrogen and oxygen atoms in total. The molecule has 1 rings (SSSR count). The summed E-state index contributed by atoms with van der Waals surface area (Å²) in [5.74, 6) is -0.241. The highest BCUT2D eigenvalue weighted by Gasteiger charge is 2.14. The maximum atomic E-state index is 13.6. The summed E-state index contributed by atoms with van der Waals surface area (Å²) in [7, 11) is 0. The van der Waals surface area contributed by atoms with Gasteiger partial charge in [0.15, 0.2) is 0 Å². The normalized spacial score (nSPS) is 12.6. The molecule has 0 amide bonds. The zero-order valence-corrected chi connectivity index (χ0v) is 10.6. The highest BCUT2D eigenvalue weighted by Crippen LogP contribution is 2.20. The molecule has 17 heavy (non-hydrogen) atoms. The molecule has 0 aliphatic rings. The van der Waals surface area contributed by atoms with Gasteiger partial charge in [0.25, 0.3) is 0 Å². The van der Waals surface area contributed by atoms with Crippen molar-refractivity contribution in [2.75, 3.05) is 19.8 Å². The van der Waals surface area contributed by atoms with E-state index < -0.39 is 0 Å². The van der Waals surface area contributed by atoms with Gasteiger partial charge in [0, 0.05) is 31.0 Å². The van der Waals surface area contributed by atoms with Crippen molar-refractivity contribution in [1.82, 2.24) is 10.3 Å². The van der Waals surface area contributed by atoms with Crippen molar-refractivity contribution in [3.05, 3.63) is 29.8 Å². The van der Waals surface area contributed by atoms with Gasteiger partial charge in [-0.25, -0.2) is 4.39 Å². The third kappa shape index (κ3) is 4.79. The summed E-state index contributed by atoms with van der Waals surface area (Å²) in [6.45, 7) is 6.28. The smallest absolute Gasteiger partial charge is 0.146 e. The molecular weight excluding hydrogens is 219 g/mol. The lowest BCUT2D eigenvalue weighted by Crippen LogP contribution is -2.22. The Bertz CT molecular complexity index is 320. The lowest BCUT2D eigenvalue weighted by molar-refractivity contribution is 0.140. The van der Waals surface area contributed by atoms with Crippen LogP contribution in [0.15, 0.2) is 18.5 Å². The molecule has 0 fully saturated rings. The summed E-state index contributed by atoms with van der Waals surface area (Å²) in [6.07, 6.45) is 4.69. The van der Waals surface area contributed by atoms with Crippen molar-refractivity contribution in [3.63, 3.8) is 0 Å². The predicted octanol–water partition coefficient (Wildman–Crippen LogP) is 2.69. The SMILES string of the molecule is CCNC(CCCOCC)c1ccncc1F. The van der Waals surface area contributed by atoms with E-state index in [1.807, 2.05) is 13.8 Å². The molecule has 0 saturated heterocycles. The topological polar surface area (TPSA) is 34.1 Å². The van der Waals surface area contributed by atoms with Gasteiger partial charge < -0.3 is 10.1 Å². The lowest BCUT2D eigenvalue weighted by atomic mass is 10.0. The Labute approximate surface area is 102 Å². The van der Waals surface area contributed by atoms with Crippen LogP contribution < -0.4 is 5.32 Å². The molecule has 1 atom stereocenters. The quantitative estimate of drug-likeness (QED) is 0.709. The minimum Gasteiger partial charge on any atom is -0.382 e. The van der Waals surface area contributed by atoms with Gasteiger partial charge in [-0.2, -0.15) is 0 Å². The van der Waals surface area contributed by atoms with E-state index in [4.69, 9.17) is 4.74 Å². The Balaban J connectivity index is 2.56. The van der Waals surface area contributed by atoms with Crippen LogP contribution in [0.3, 0.4) is 0 Å². The molecule has 0 saturated carbocycles. The molecule has 1 aromatic heterocycles. The van der Waals surface area contributed by atoms with E-state index >= 15 is 0 Å². The van der Waals surface area contributed by atoms with Crippen molar-refractivity contribution < 1.29 is 9.13 Å². The van der Waals surface area contributed by atoms with Gasteiger partial charge in [0.05, 0.1) is 6.20 Å². The Kier molecular flexibility index (Phi) is 6.74. The van der Waals surface area contributed by atoms with Crippen molar-refractivity contribution in [2.24, 2.45) is 0 Å². The molecule has 0 spiro atoms. The van der Waals surface area contributed by atoms with Gasteiger partial charge in [-0.15, -0.1) is 0 Å². The van der Waals surface area contributed by atoms with Crippen molar-refractivity contribution >= 4 is 0 Å². The first-order valence-corrected chi connectivity index (χ1v) is 6.20. The summed E-state index contributed by atoms with van der Waals surface area (Å²) in [5, 5.41) is 3.29. The van der Waals surface area contributed by atoms with Crippen LogP contribution in [0.5, 0.6) is 0 Å². The molecule has 0 radical (unpaired) electrons. The lowest BCUT2D eigenvalue weighted by Gasteiger charge is -2.18. The number of hydrogen-bond acceptors (Lipinski definition) is 3. The number of nitrogens with zero attached hydrogens (tertiary/aromatic N) is 1. The number of aromatic nitrogens is 1. The second kappa shape index (κ2) is 8.14. The average molecular weight is 240 g/mol. The van der Waals surface area contributed by atoms with Crippen molar-refractivity contribution in [2.45, 2.75) is 32.7 Å². The third-order valence-corrected chi connectivity index (χ3v) is 2.62. The molecule has 1 heterocycles. The fourth-order valence-electron chi connectivity index (χ4n) is 1.82. The molecular formula is C13H21FN2O. The summed E-state index contributed by atoms with van der Waals surface area (Å²) in [6, 6.07) is 1.78. The van der Waals surface area contributed by atoms with Crippen LogP contribution in [0.2, 0.25) is 0 Å². The highest BCUT2D eigenvalue weighted by atomic mass is 19.1. The van der Waals surface area contributed by atoms with Crippen LogP contribution in [0.1, 0.15) is 38.3 Å². The molecule has 1 unspecified atom stereocenters. The molecule has 1 aromatic rings. The van der Waals surface area contributed by atoms with E-state index in [0.717, 1.165) is 32.6 Å². The van der Waals surface area contributed by atoms with Crippen LogP contribution in [-0.4, -0.2) is 24.7 Å². The van der Waals surface area contributed by atoms with Crippen molar-refractivity contribution in [1.29, 1.82) is 0 Å². The van der Waals surface area contributed by atoms with Gasteiger partial charge in [0.2, 0.25) is 0 Å². The molecule has 0 aliphatic carbocycles. The van der Waals surface area contributed by atoms with E-state index in [0.29, 0.717) is 5.56 Å². The predicted molar refractivity (Wildman–Crippen MR) is 66.3 cm³/mol. The first-order chi connectivity index (χ1) is 8.29. The van der Waals surface area contributed by atoms with Crippen molar-refractivity contribution in [3.8, 4) is 0 Å². The van der Waals surface area contributed by atoms with Gasteiger partial charge in [-0.05, 0) is 32.4 Å². The molecule has 1 N–H and O–H groups in total. The van der Waals surface area contributed by atoms with Gasteiger partial charge in [-0.3, -0.25) is 4.98 Å². The Morgan fingerprint density at radius 3 is 2.94 bits per heavy atom. The average Bonchev–Trinajstić information content (AvgIpc) is 2.34. The number of ether oxygens (including phenoxy) is 1. The number of hydrogen-bond donors (Lipinski definition) is 1. The molecule has 4 heteroatoms. The highest BCUT2D eigenvalue weighted by molar-refractivity contribution is 5.17. The maximum absolute atomic E-state index is 13.6. The van der Waals surface area contributed by atoms with Gasteiger partial charge in [-0.1, -0.05) is 6.92 Å². The summed E-state index contributed by atoms with van der Waals surface area (Å²) in [4.78, 5) is 3.77. The Morgan fingerprint density at radius 1 is 1.47 bits per heavy atom. The number of rotatable bonds is 8. The summed E-state index contributed by atoms with van der Waals surface area (Å²) >= 11 is 0. The Morgan fingerprint density at radius 2 is 2.29 bits per heavy atom. The third-order valence-electron chi connectivity index (χ3n) is 2.62. The Hall–Kier alpha value is -1.00. The second-order valence-electron chi connectivity index (χ2n) is 3.85. The molecule has 96 valence electrons. The maximum Gasteiger partial charge on any atom is 0.146 e. The zero-order valence-electron chi connectivity index (χ0n) is 10.6. The van der Waals surface area contributed by atoms with Gasteiger partial charge >= 0.3 is 0 Å². The minimum atomic E-state index is -0.241.